The Kier molecular flexibility index (Phi) is 4.40. The number of hydrogen-bond donors (Lipinski definition) is 1. The second-order valence-electron chi connectivity index (χ2n) is 5.51. The fourth-order valence-corrected chi connectivity index (χ4v) is 4.01. The van der Waals surface area contributed by atoms with Crippen LogP contribution in [-0.4, -0.2) is 33.5 Å². The zero-order chi connectivity index (χ0) is 16.4. The molecule has 0 amide bonds. The molecule has 2 heterocycles. The number of aliphatic carboxylic acids is 1. The Balaban J connectivity index is 1.82. The molecule has 1 fully saturated rings. The number of nitro groups is 1. The average molecular weight is 332 g/mol. The molecule has 1 saturated heterocycles. The molecule has 1 aromatic carbocycles. The molecule has 120 valence electrons. The fraction of sp³-hybridized carbons (Fsp3) is 0.312. The highest BCUT2D eigenvalue weighted by molar-refractivity contribution is 7.15. The van der Waals surface area contributed by atoms with Crippen molar-refractivity contribution in [1.29, 1.82) is 0 Å². The van der Waals surface area contributed by atoms with Crippen molar-refractivity contribution in [2.75, 3.05) is 6.54 Å². The number of carbonyl (C=O) groups is 1. The van der Waals surface area contributed by atoms with E-state index >= 15 is 0 Å². The maximum Gasteiger partial charge on any atom is 0.320 e. The molecule has 0 saturated carbocycles. The van der Waals surface area contributed by atoms with Gasteiger partial charge in [0.05, 0.1) is 10.5 Å². The number of para-hydroxylation sites is 1. The minimum absolute atomic E-state index is 0.0884. The maximum absolute atomic E-state index is 11.2. The smallest absolute Gasteiger partial charge is 0.320 e. The third-order valence-electron chi connectivity index (χ3n) is 4.04. The largest absolute Gasteiger partial charge is 0.480 e. The van der Waals surface area contributed by atoms with E-state index in [9.17, 15) is 20.0 Å². The summed E-state index contributed by atoms with van der Waals surface area (Å²) in [6, 6.07) is 10.0. The van der Waals surface area contributed by atoms with E-state index in [1.165, 1.54) is 17.4 Å². The molecule has 23 heavy (non-hydrogen) atoms. The van der Waals surface area contributed by atoms with Gasteiger partial charge >= 0.3 is 5.97 Å². The van der Waals surface area contributed by atoms with Crippen molar-refractivity contribution >= 4 is 23.0 Å². The number of benzene rings is 1. The van der Waals surface area contributed by atoms with Gasteiger partial charge in [0, 0.05) is 22.4 Å². The van der Waals surface area contributed by atoms with Gasteiger partial charge in [-0.2, -0.15) is 0 Å². The van der Waals surface area contributed by atoms with E-state index in [1.54, 1.807) is 18.2 Å². The minimum atomic E-state index is -0.780. The highest BCUT2D eigenvalue weighted by atomic mass is 32.1. The summed E-state index contributed by atoms with van der Waals surface area (Å²) >= 11 is 1.48. The molecule has 0 bridgehead atoms. The molecular formula is C16H16N2O4S. The number of carboxylic acids is 1. The van der Waals surface area contributed by atoms with Gasteiger partial charge in [0.15, 0.2) is 0 Å². The van der Waals surface area contributed by atoms with Crippen LogP contribution in [0.1, 0.15) is 17.7 Å². The summed E-state index contributed by atoms with van der Waals surface area (Å²) in [5.41, 5.74) is 0.690. The van der Waals surface area contributed by atoms with Gasteiger partial charge in [-0.05, 0) is 37.6 Å². The molecule has 6 nitrogen and oxygen atoms in total. The Morgan fingerprint density at radius 3 is 2.87 bits per heavy atom. The van der Waals surface area contributed by atoms with Crippen LogP contribution in [0, 0.1) is 10.1 Å². The summed E-state index contributed by atoms with van der Waals surface area (Å²) in [5, 5.41) is 20.4. The van der Waals surface area contributed by atoms with Crippen LogP contribution in [0.25, 0.3) is 10.4 Å². The molecule has 0 radical (unpaired) electrons. The molecule has 1 N–H and O–H groups in total. The van der Waals surface area contributed by atoms with Crippen LogP contribution in [0.15, 0.2) is 36.4 Å². The van der Waals surface area contributed by atoms with Gasteiger partial charge in [-0.3, -0.25) is 19.8 Å². The molecule has 3 rings (SSSR count). The predicted octanol–water partition coefficient (Wildman–Crippen LogP) is 3.37. The number of thiophene rings is 1. The molecule has 0 spiro atoms. The Hall–Kier alpha value is -2.25. The van der Waals surface area contributed by atoms with Crippen LogP contribution in [0.2, 0.25) is 0 Å². The van der Waals surface area contributed by atoms with Gasteiger partial charge in [0.2, 0.25) is 0 Å². The lowest BCUT2D eigenvalue weighted by Gasteiger charge is -2.19. The SMILES string of the molecule is O=C(O)[C@@H]1CCCN1Cc1ccc(-c2ccccc2[N+](=O)[O-])s1. The number of rotatable bonds is 5. The number of hydrogen-bond acceptors (Lipinski definition) is 5. The third kappa shape index (κ3) is 3.25. The average Bonchev–Trinajstić information content (AvgIpc) is 3.17. The second-order valence-corrected chi connectivity index (χ2v) is 6.68. The van der Waals surface area contributed by atoms with E-state index in [-0.39, 0.29) is 10.6 Å². The number of carboxylic acid groups (broad SMARTS) is 1. The van der Waals surface area contributed by atoms with E-state index in [0.717, 1.165) is 22.7 Å². The third-order valence-corrected chi connectivity index (χ3v) is 5.14. The van der Waals surface area contributed by atoms with Gasteiger partial charge in [-0.1, -0.05) is 12.1 Å². The van der Waals surface area contributed by atoms with Gasteiger partial charge in [0.1, 0.15) is 6.04 Å². The van der Waals surface area contributed by atoms with Crippen LogP contribution in [0.3, 0.4) is 0 Å². The topological polar surface area (TPSA) is 83.7 Å². The highest BCUT2D eigenvalue weighted by Gasteiger charge is 2.30. The van der Waals surface area contributed by atoms with Crippen LogP contribution < -0.4 is 0 Å². The lowest BCUT2D eigenvalue weighted by molar-refractivity contribution is -0.384. The van der Waals surface area contributed by atoms with Crippen molar-refractivity contribution in [3.63, 3.8) is 0 Å². The van der Waals surface area contributed by atoms with E-state index in [0.29, 0.717) is 18.5 Å². The fourth-order valence-electron chi connectivity index (χ4n) is 2.94. The normalized spacial score (nSPS) is 18.2. The first kappa shape index (κ1) is 15.6. The van der Waals surface area contributed by atoms with E-state index in [4.69, 9.17) is 0 Å². The highest BCUT2D eigenvalue weighted by Crippen LogP contribution is 2.35. The molecule has 0 unspecified atom stereocenters. The lowest BCUT2D eigenvalue weighted by Crippen LogP contribution is -2.35. The van der Waals surface area contributed by atoms with Crippen LogP contribution in [-0.2, 0) is 11.3 Å². The number of nitrogens with zero attached hydrogens (tertiary/aromatic N) is 2. The van der Waals surface area contributed by atoms with Crippen molar-refractivity contribution in [3.8, 4) is 10.4 Å². The molecule has 7 heteroatoms. The summed E-state index contributed by atoms with van der Waals surface area (Å²) in [6.45, 7) is 1.35. The quantitative estimate of drug-likeness (QED) is 0.670. The van der Waals surface area contributed by atoms with Crippen molar-refractivity contribution < 1.29 is 14.8 Å². The van der Waals surface area contributed by atoms with Gasteiger partial charge in [-0.25, -0.2) is 0 Å². The zero-order valence-corrected chi connectivity index (χ0v) is 13.2. The predicted molar refractivity (Wildman–Crippen MR) is 87.5 cm³/mol. The Morgan fingerprint density at radius 1 is 1.35 bits per heavy atom. The Morgan fingerprint density at radius 2 is 2.13 bits per heavy atom. The van der Waals surface area contributed by atoms with Gasteiger partial charge < -0.3 is 5.11 Å². The monoisotopic (exact) mass is 332 g/mol. The van der Waals surface area contributed by atoms with E-state index in [1.807, 2.05) is 17.0 Å². The molecular weight excluding hydrogens is 316 g/mol. The molecule has 0 aliphatic carbocycles. The molecule has 1 aliphatic heterocycles. The maximum atomic E-state index is 11.2. The van der Waals surface area contributed by atoms with Crippen molar-refractivity contribution in [3.05, 3.63) is 51.4 Å². The van der Waals surface area contributed by atoms with Crippen LogP contribution >= 0.6 is 11.3 Å². The second kappa shape index (κ2) is 6.47. The molecule has 1 aliphatic rings. The number of likely N-dealkylation sites (tertiary alicyclic amines) is 1. The Bertz CT molecular complexity index is 743. The van der Waals surface area contributed by atoms with E-state index in [2.05, 4.69) is 0 Å². The van der Waals surface area contributed by atoms with Crippen LogP contribution in [0.4, 0.5) is 5.69 Å². The van der Waals surface area contributed by atoms with Crippen molar-refractivity contribution in [2.45, 2.75) is 25.4 Å². The van der Waals surface area contributed by atoms with Crippen molar-refractivity contribution in [1.82, 2.24) is 4.90 Å². The molecule has 1 atom stereocenters. The molecule has 1 aromatic heterocycles. The summed E-state index contributed by atoms with van der Waals surface area (Å²) in [7, 11) is 0. The van der Waals surface area contributed by atoms with E-state index < -0.39 is 12.0 Å². The summed E-state index contributed by atoms with van der Waals surface area (Å²) < 4.78 is 0. The van der Waals surface area contributed by atoms with Crippen LogP contribution in [0.5, 0.6) is 0 Å². The lowest BCUT2D eigenvalue weighted by atomic mass is 10.1. The first-order valence-corrected chi connectivity index (χ1v) is 8.17. The number of nitro benzene ring substituents is 1. The standard InChI is InChI=1S/C16H16N2O4S/c19-16(20)14-6-3-9-17(14)10-11-7-8-15(23-11)12-4-1-2-5-13(12)18(21)22/h1-2,4-5,7-8,14H,3,6,9-10H2,(H,19,20)/t14-/m0/s1. The van der Waals surface area contributed by atoms with Gasteiger partial charge in [0.25, 0.3) is 5.69 Å². The first-order valence-electron chi connectivity index (χ1n) is 7.35. The molecule has 2 aromatic rings. The minimum Gasteiger partial charge on any atom is -0.480 e. The van der Waals surface area contributed by atoms with Crippen molar-refractivity contribution in [2.24, 2.45) is 0 Å². The Labute approximate surface area is 137 Å². The zero-order valence-electron chi connectivity index (χ0n) is 12.3. The summed E-state index contributed by atoms with van der Waals surface area (Å²) in [5.74, 6) is -0.780. The summed E-state index contributed by atoms with van der Waals surface area (Å²) in [6.07, 6.45) is 1.57. The first-order chi connectivity index (χ1) is 11.1. The summed E-state index contributed by atoms with van der Waals surface area (Å²) in [4.78, 5) is 25.8. The van der Waals surface area contributed by atoms with Gasteiger partial charge in [-0.15, -0.1) is 11.3 Å².